The van der Waals surface area contributed by atoms with Gasteiger partial charge in [0.2, 0.25) is 0 Å². The number of hydrogen-bond acceptors (Lipinski definition) is 3. The molecule has 1 heterocycles. The van der Waals surface area contributed by atoms with Crippen LogP contribution in [0.15, 0.2) is 12.4 Å². The van der Waals surface area contributed by atoms with Crippen LogP contribution in [-0.4, -0.2) is 34.1 Å². The van der Waals surface area contributed by atoms with Crippen LogP contribution in [-0.2, 0) is 6.54 Å². The zero-order valence-corrected chi connectivity index (χ0v) is 11.4. The lowest BCUT2D eigenvalue weighted by molar-refractivity contribution is 0.288. The fourth-order valence-corrected chi connectivity index (χ4v) is 2.07. The normalized spacial score (nSPS) is 13.2. The summed E-state index contributed by atoms with van der Waals surface area (Å²) in [6, 6.07) is 0.0529. The third-order valence-electron chi connectivity index (χ3n) is 3.19. The second-order valence-electron chi connectivity index (χ2n) is 4.40. The lowest BCUT2D eigenvalue weighted by Crippen LogP contribution is -2.28. The first-order valence-electron chi connectivity index (χ1n) is 6.71. The maximum Gasteiger partial charge on any atom is 0.125 e. The number of hydrogen-bond donors (Lipinski definition) is 1. The summed E-state index contributed by atoms with van der Waals surface area (Å²) in [7, 11) is 0. The van der Waals surface area contributed by atoms with Crippen LogP contribution in [0, 0.1) is 0 Å². The van der Waals surface area contributed by atoms with Crippen molar-refractivity contribution in [2.24, 2.45) is 5.73 Å². The second-order valence-corrected chi connectivity index (χ2v) is 4.40. The summed E-state index contributed by atoms with van der Waals surface area (Å²) in [5.74, 6) is 1.03. The number of nitrogens with two attached hydrogens (primary N) is 1. The fraction of sp³-hybridized carbons (Fsp3) is 0.769. The number of rotatable bonds is 8. The molecule has 1 aromatic rings. The van der Waals surface area contributed by atoms with Crippen molar-refractivity contribution in [2.45, 2.75) is 46.2 Å². The van der Waals surface area contributed by atoms with Crippen molar-refractivity contribution in [1.82, 2.24) is 14.5 Å². The van der Waals surface area contributed by atoms with Crippen molar-refractivity contribution in [3.63, 3.8) is 0 Å². The monoisotopic (exact) mass is 238 g/mol. The average molecular weight is 238 g/mol. The molecule has 0 aliphatic heterocycles. The molecule has 0 saturated carbocycles. The van der Waals surface area contributed by atoms with Gasteiger partial charge in [-0.2, -0.15) is 0 Å². The van der Waals surface area contributed by atoms with E-state index in [0.717, 1.165) is 44.8 Å². The highest BCUT2D eigenvalue weighted by molar-refractivity contribution is 4.98. The van der Waals surface area contributed by atoms with Crippen LogP contribution in [0.5, 0.6) is 0 Å². The van der Waals surface area contributed by atoms with Gasteiger partial charge in [0.05, 0.1) is 6.04 Å². The average Bonchev–Trinajstić information content (AvgIpc) is 2.79. The first kappa shape index (κ1) is 14.2. The predicted octanol–water partition coefficient (Wildman–Crippen LogP) is 2.02. The van der Waals surface area contributed by atoms with Crippen LogP contribution < -0.4 is 5.73 Å². The van der Waals surface area contributed by atoms with Crippen molar-refractivity contribution >= 4 is 0 Å². The predicted molar refractivity (Wildman–Crippen MR) is 71.9 cm³/mol. The Morgan fingerprint density at radius 1 is 1.35 bits per heavy atom. The van der Waals surface area contributed by atoms with E-state index < -0.39 is 0 Å². The Morgan fingerprint density at radius 3 is 2.65 bits per heavy atom. The Balaban J connectivity index is 2.51. The molecule has 1 atom stereocenters. The maximum absolute atomic E-state index is 6.22. The molecule has 0 amide bonds. The third-order valence-corrected chi connectivity index (χ3v) is 3.19. The van der Waals surface area contributed by atoms with Crippen molar-refractivity contribution in [3.8, 4) is 0 Å². The van der Waals surface area contributed by atoms with Crippen LogP contribution in [0.4, 0.5) is 0 Å². The van der Waals surface area contributed by atoms with E-state index in [1.54, 1.807) is 0 Å². The molecule has 98 valence electrons. The van der Waals surface area contributed by atoms with Crippen molar-refractivity contribution in [2.75, 3.05) is 19.6 Å². The van der Waals surface area contributed by atoms with Crippen LogP contribution >= 0.6 is 0 Å². The van der Waals surface area contributed by atoms with E-state index in [1.165, 1.54) is 0 Å². The van der Waals surface area contributed by atoms with Gasteiger partial charge in [-0.3, -0.25) is 0 Å². The molecule has 0 aliphatic rings. The zero-order chi connectivity index (χ0) is 12.7. The van der Waals surface area contributed by atoms with E-state index in [2.05, 4.69) is 35.2 Å². The number of nitrogens with zero attached hydrogens (tertiary/aromatic N) is 3. The smallest absolute Gasteiger partial charge is 0.125 e. The standard InChI is InChI=1S/C13H26N4/c1-4-9-17-11-8-15-13(17)12(14)7-10-16(5-2)6-3/h8,11-12H,4-7,9-10,14H2,1-3H3. The first-order valence-corrected chi connectivity index (χ1v) is 6.71. The molecule has 0 spiro atoms. The van der Waals surface area contributed by atoms with Gasteiger partial charge in [0.15, 0.2) is 0 Å². The minimum atomic E-state index is 0.0529. The minimum Gasteiger partial charge on any atom is -0.334 e. The molecule has 0 aromatic carbocycles. The molecule has 0 saturated heterocycles. The van der Waals surface area contributed by atoms with Gasteiger partial charge in [0, 0.05) is 25.5 Å². The molecule has 1 aromatic heterocycles. The first-order chi connectivity index (χ1) is 8.22. The summed E-state index contributed by atoms with van der Waals surface area (Å²) in [5, 5.41) is 0. The summed E-state index contributed by atoms with van der Waals surface area (Å²) in [4.78, 5) is 6.78. The molecule has 1 unspecified atom stereocenters. The van der Waals surface area contributed by atoms with Gasteiger partial charge in [0.1, 0.15) is 5.82 Å². The molecule has 0 radical (unpaired) electrons. The van der Waals surface area contributed by atoms with E-state index in [1.807, 2.05) is 12.4 Å². The van der Waals surface area contributed by atoms with E-state index >= 15 is 0 Å². The zero-order valence-electron chi connectivity index (χ0n) is 11.4. The van der Waals surface area contributed by atoms with E-state index in [-0.39, 0.29) is 6.04 Å². The summed E-state index contributed by atoms with van der Waals surface area (Å²) >= 11 is 0. The summed E-state index contributed by atoms with van der Waals surface area (Å²) in [6.07, 6.45) is 5.97. The van der Waals surface area contributed by atoms with E-state index in [4.69, 9.17) is 5.73 Å². The lowest BCUT2D eigenvalue weighted by Gasteiger charge is -2.20. The molecule has 17 heavy (non-hydrogen) atoms. The van der Waals surface area contributed by atoms with Crippen molar-refractivity contribution < 1.29 is 0 Å². The lowest BCUT2D eigenvalue weighted by atomic mass is 10.2. The number of imidazole rings is 1. The van der Waals surface area contributed by atoms with Crippen LogP contribution in [0.2, 0.25) is 0 Å². The van der Waals surface area contributed by atoms with Crippen LogP contribution in [0.1, 0.15) is 45.5 Å². The Hall–Kier alpha value is -0.870. The van der Waals surface area contributed by atoms with Gasteiger partial charge in [-0.05, 0) is 25.9 Å². The van der Waals surface area contributed by atoms with Gasteiger partial charge >= 0.3 is 0 Å². The van der Waals surface area contributed by atoms with Crippen LogP contribution in [0.25, 0.3) is 0 Å². The molecular formula is C13H26N4. The van der Waals surface area contributed by atoms with Gasteiger partial charge in [-0.25, -0.2) is 4.98 Å². The topological polar surface area (TPSA) is 47.1 Å². The minimum absolute atomic E-state index is 0.0529. The third kappa shape index (κ3) is 4.13. The highest BCUT2D eigenvalue weighted by Gasteiger charge is 2.13. The Kier molecular flexibility index (Phi) is 6.22. The van der Waals surface area contributed by atoms with Crippen molar-refractivity contribution in [3.05, 3.63) is 18.2 Å². The highest BCUT2D eigenvalue weighted by Crippen LogP contribution is 2.13. The maximum atomic E-state index is 6.22. The van der Waals surface area contributed by atoms with E-state index in [9.17, 15) is 0 Å². The molecule has 2 N–H and O–H groups in total. The van der Waals surface area contributed by atoms with Gasteiger partial charge in [-0.15, -0.1) is 0 Å². The molecule has 4 heteroatoms. The largest absolute Gasteiger partial charge is 0.334 e. The highest BCUT2D eigenvalue weighted by atomic mass is 15.1. The second kappa shape index (κ2) is 7.45. The molecule has 0 fully saturated rings. The molecule has 0 aliphatic carbocycles. The Morgan fingerprint density at radius 2 is 2.06 bits per heavy atom. The quantitative estimate of drug-likeness (QED) is 0.754. The van der Waals surface area contributed by atoms with Crippen molar-refractivity contribution in [1.29, 1.82) is 0 Å². The fourth-order valence-electron chi connectivity index (χ4n) is 2.07. The summed E-state index contributed by atoms with van der Waals surface area (Å²) in [5.41, 5.74) is 6.22. The number of aromatic nitrogens is 2. The summed E-state index contributed by atoms with van der Waals surface area (Å²) < 4.78 is 2.17. The van der Waals surface area contributed by atoms with Gasteiger partial charge < -0.3 is 15.2 Å². The summed E-state index contributed by atoms with van der Waals surface area (Å²) in [6.45, 7) is 10.8. The van der Waals surface area contributed by atoms with E-state index in [0.29, 0.717) is 0 Å². The van der Waals surface area contributed by atoms with Crippen LogP contribution in [0.3, 0.4) is 0 Å². The van der Waals surface area contributed by atoms with Gasteiger partial charge in [0.25, 0.3) is 0 Å². The van der Waals surface area contributed by atoms with Gasteiger partial charge in [-0.1, -0.05) is 20.8 Å². The molecule has 1 rings (SSSR count). The number of aryl methyl sites for hydroxylation is 1. The molecule has 0 bridgehead atoms. The molecular weight excluding hydrogens is 212 g/mol. The Labute approximate surface area is 105 Å². The Bertz CT molecular complexity index is 304. The SMILES string of the molecule is CCCn1ccnc1C(N)CCN(CC)CC. The molecule has 4 nitrogen and oxygen atoms in total.